The average molecular weight is 509 g/mol. The number of benzene rings is 1. The highest BCUT2D eigenvalue weighted by atomic mass is 32.1. The van der Waals surface area contributed by atoms with Gasteiger partial charge in [-0.1, -0.05) is 56.5 Å². The molecule has 3 fully saturated rings. The largest absolute Gasteiger partial charge is 0.378 e. The minimum atomic E-state index is 0.122. The molecule has 36 heavy (non-hydrogen) atoms. The molecule has 0 spiro atoms. The molecule has 0 radical (unpaired) electrons. The summed E-state index contributed by atoms with van der Waals surface area (Å²) in [6.45, 7) is 8.34. The maximum Gasteiger partial charge on any atom is 0.232 e. The van der Waals surface area contributed by atoms with E-state index in [2.05, 4.69) is 63.8 Å². The molecule has 2 saturated heterocycles. The van der Waals surface area contributed by atoms with Gasteiger partial charge in [0.2, 0.25) is 5.95 Å². The number of rotatable bonds is 6. The number of aromatic nitrogens is 2. The molecule has 1 aliphatic carbocycles. The summed E-state index contributed by atoms with van der Waals surface area (Å²) in [5.41, 5.74) is 1.53. The molecule has 1 atom stereocenters. The van der Waals surface area contributed by atoms with Gasteiger partial charge in [0.25, 0.3) is 0 Å². The Labute approximate surface area is 221 Å². The number of thiocarbonyl (C=S) groups is 1. The monoisotopic (exact) mass is 508 g/mol. The van der Waals surface area contributed by atoms with Crippen molar-refractivity contribution in [1.29, 1.82) is 0 Å². The molecule has 5 rings (SSSR count). The highest BCUT2D eigenvalue weighted by molar-refractivity contribution is 7.80. The number of morpholine rings is 1. The van der Waals surface area contributed by atoms with Crippen LogP contribution >= 0.6 is 12.2 Å². The van der Waals surface area contributed by atoms with E-state index in [1.165, 1.54) is 50.5 Å². The van der Waals surface area contributed by atoms with Crippen molar-refractivity contribution in [3.8, 4) is 0 Å². The fourth-order valence-electron chi connectivity index (χ4n) is 5.97. The van der Waals surface area contributed by atoms with E-state index >= 15 is 0 Å². The Morgan fingerprint density at radius 3 is 2.44 bits per heavy atom. The number of nitrogens with zero attached hydrogens (tertiary/aromatic N) is 4. The zero-order chi connectivity index (χ0) is 24.8. The van der Waals surface area contributed by atoms with Crippen LogP contribution in [0.5, 0.6) is 0 Å². The predicted octanol–water partition coefficient (Wildman–Crippen LogP) is 4.74. The third-order valence-corrected chi connectivity index (χ3v) is 8.27. The van der Waals surface area contributed by atoms with Crippen LogP contribution in [0.3, 0.4) is 0 Å². The SMILES string of the molecule is C[C@H]1CCCN(c2cc(N3CCOCC3)nc(NC(=S)NCC3(c4ccccc4)CCCCC3)n2)C1. The Morgan fingerprint density at radius 2 is 1.72 bits per heavy atom. The van der Waals surface area contributed by atoms with Gasteiger partial charge in [-0.25, -0.2) is 0 Å². The molecule has 194 valence electrons. The fourth-order valence-corrected chi connectivity index (χ4v) is 6.14. The molecule has 7 nitrogen and oxygen atoms in total. The van der Waals surface area contributed by atoms with E-state index in [1.807, 2.05) is 0 Å². The van der Waals surface area contributed by atoms with Crippen LogP contribution in [0.4, 0.5) is 17.6 Å². The van der Waals surface area contributed by atoms with Gasteiger partial charge in [0, 0.05) is 44.2 Å². The van der Waals surface area contributed by atoms with E-state index < -0.39 is 0 Å². The van der Waals surface area contributed by atoms with Crippen LogP contribution in [0, 0.1) is 5.92 Å². The Hall–Kier alpha value is -2.45. The molecule has 1 aromatic carbocycles. The average Bonchev–Trinajstić information content (AvgIpc) is 2.93. The highest BCUT2D eigenvalue weighted by Gasteiger charge is 2.34. The second-order valence-electron chi connectivity index (χ2n) is 10.7. The number of piperidine rings is 1. The highest BCUT2D eigenvalue weighted by Crippen LogP contribution is 2.39. The van der Waals surface area contributed by atoms with Gasteiger partial charge in [-0.2, -0.15) is 9.97 Å². The molecule has 0 amide bonds. The van der Waals surface area contributed by atoms with Crippen molar-refractivity contribution in [2.75, 3.05) is 61.1 Å². The summed E-state index contributed by atoms with van der Waals surface area (Å²) >= 11 is 5.77. The molecule has 8 heteroatoms. The van der Waals surface area contributed by atoms with Gasteiger partial charge in [0.05, 0.1) is 13.2 Å². The Bertz CT molecular complexity index is 1010. The summed E-state index contributed by atoms with van der Waals surface area (Å²) in [7, 11) is 0. The van der Waals surface area contributed by atoms with E-state index in [0.29, 0.717) is 17.0 Å². The Morgan fingerprint density at radius 1 is 1.00 bits per heavy atom. The lowest BCUT2D eigenvalue weighted by Gasteiger charge is -2.38. The maximum absolute atomic E-state index is 5.77. The van der Waals surface area contributed by atoms with E-state index in [0.717, 1.165) is 57.6 Å². The minimum absolute atomic E-state index is 0.122. The van der Waals surface area contributed by atoms with Gasteiger partial charge in [-0.05, 0) is 49.4 Å². The van der Waals surface area contributed by atoms with Crippen molar-refractivity contribution in [2.45, 2.75) is 57.3 Å². The fraction of sp³-hybridized carbons (Fsp3) is 0.607. The summed E-state index contributed by atoms with van der Waals surface area (Å²) in [4.78, 5) is 14.5. The second kappa shape index (κ2) is 11.7. The molecule has 2 N–H and O–H groups in total. The van der Waals surface area contributed by atoms with Crippen molar-refractivity contribution in [3.63, 3.8) is 0 Å². The van der Waals surface area contributed by atoms with Crippen molar-refractivity contribution in [3.05, 3.63) is 42.0 Å². The zero-order valence-corrected chi connectivity index (χ0v) is 22.4. The Balaban J connectivity index is 1.32. The van der Waals surface area contributed by atoms with E-state index in [4.69, 9.17) is 26.9 Å². The van der Waals surface area contributed by atoms with Crippen LogP contribution in [0.1, 0.15) is 57.4 Å². The van der Waals surface area contributed by atoms with Crippen molar-refractivity contribution < 1.29 is 4.74 Å². The molecule has 3 heterocycles. The van der Waals surface area contributed by atoms with E-state index in [9.17, 15) is 0 Å². The first-order chi connectivity index (χ1) is 17.6. The standard InChI is InChI=1S/C28H40N6OS/c1-22-9-8-14-34(20-22)25-19-24(33-15-17-35-18-16-33)30-26(31-25)32-27(36)29-21-28(12-6-3-7-13-28)23-10-4-2-5-11-23/h2,4-5,10-11,19,22H,3,6-9,12-18,20-21H2,1H3,(H2,29,30,31,32,36)/t22-/m0/s1. The van der Waals surface area contributed by atoms with Gasteiger partial charge < -0.3 is 25.2 Å². The summed E-state index contributed by atoms with van der Waals surface area (Å²) in [6.07, 6.45) is 8.69. The number of nitrogens with one attached hydrogen (secondary N) is 2. The quantitative estimate of drug-likeness (QED) is 0.543. The number of hydrogen-bond acceptors (Lipinski definition) is 6. The minimum Gasteiger partial charge on any atom is -0.378 e. The van der Waals surface area contributed by atoms with Gasteiger partial charge in [0.15, 0.2) is 5.11 Å². The van der Waals surface area contributed by atoms with Crippen molar-refractivity contribution in [1.82, 2.24) is 15.3 Å². The lowest BCUT2D eigenvalue weighted by atomic mass is 9.69. The lowest BCUT2D eigenvalue weighted by molar-refractivity contribution is 0.122. The zero-order valence-electron chi connectivity index (χ0n) is 21.5. The Kier molecular flexibility index (Phi) is 8.22. The number of ether oxygens (including phenoxy) is 1. The smallest absolute Gasteiger partial charge is 0.232 e. The molecule has 2 aromatic rings. The summed E-state index contributed by atoms with van der Waals surface area (Å²) in [5, 5.41) is 7.46. The molecule has 1 saturated carbocycles. The number of anilines is 3. The van der Waals surface area contributed by atoms with Crippen LogP contribution in [-0.2, 0) is 10.2 Å². The molecule has 0 bridgehead atoms. The van der Waals surface area contributed by atoms with Gasteiger partial charge in [-0.3, -0.25) is 0 Å². The number of hydrogen-bond donors (Lipinski definition) is 2. The maximum atomic E-state index is 5.77. The van der Waals surface area contributed by atoms with Crippen LogP contribution in [0.15, 0.2) is 36.4 Å². The third-order valence-electron chi connectivity index (χ3n) is 8.02. The molecule has 1 aromatic heterocycles. The first kappa shape index (κ1) is 25.2. The van der Waals surface area contributed by atoms with Crippen LogP contribution < -0.4 is 20.4 Å². The molecule has 0 unspecified atom stereocenters. The van der Waals surface area contributed by atoms with Gasteiger partial charge in [-0.15, -0.1) is 0 Å². The summed E-state index contributed by atoms with van der Waals surface area (Å²) in [6, 6.07) is 13.1. The van der Waals surface area contributed by atoms with Crippen molar-refractivity contribution >= 4 is 34.9 Å². The first-order valence-corrected chi connectivity index (χ1v) is 14.1. The first-order valence-electron chi connectivity index (χ1n) is 13.7. The van der Waals surface area contributed by atoms with Crippen molar-refractivity contribution in [2.24, 2.45) is 5.92 Å². The summed E-state index contributed by atoms with van der Waals surface area (Å²) in [5.74, 6) is 3.17. The van der Waals surface area contributed by atoms with Crippen LogP contribution in [0.25, 0.3) is 0 Å². The lowest BCUT2D eigenvalue weighted by Crippen LogP contribution is -2.44. The van der Waals surface area contributed by atoms with Gasteiger partial charge >= 0.3 is 0 Å². The second-order valence-corrected chi connectivity index (χ2v) is 11.1. The van der Waals surface area contributed by atoms with E-state index in [1.54, 1.807) is 0 Å². The van der Waals surface area contributed by atoms with Gasteiger partial charge in [0.1, 0.15) is 11.6 Å². The molecular weight excluding hydrogens is 468 g/mol. The van der Waals surface area contributed by atoms with Crippen LogP contribution in [-0.4, -0.2) is 61.0 Å². The predicted molar refractivity (Wildman–Crippen MR) is 151 cm³/mol. The molecule has 3 aliphatic rings. The van der Waals surface area contributed by atoms with Crippen LogP contribution in [0.2, 0.25) is 0 Å². The normalized spacial score (nSPS) is 22.2. The third kappa shape index (κ3) is 6.09. The summed E-state index contributed by atoms with van der Waals surface area (Å²) < 4.78 is 5.57. The molecular formula is C28H40N6OS. The van der Waals surface area contributed by atoms with E-state index in [-0.39, 0.29) is 5.41 Å². The molecule has 2 aliphatic heterocycles. The topological polar surface area (TPSA) is 65.6 Å².